The van der Waals surface area contributed by atoms with Gasteiger partial charge in [0.05, 0.1) is 0 Å². The van der Waals surface area contributed by atoms with E-state index in [0.29, 0.717) is 17.5 Å². The van der Waals surface area contributed by atoms with Gasteiger partial charge in [-0.15, -0.1) is 11.3 Å². The Labute approximate surface area is 381 Å². The lowest BCUT2D eigenvalue weighted by atomic mass is 9.91. The molecule has 0 aliphatic heterocycles. The number of nitrogens with zero attached hydrogens (tertiary/aromatic N) is 3. The molecule has 2 heterocycles. The van der Waals surface area contributed by atoms with Gasteiger partial charge >= 0.3 is 0 Å². The maximum atomic E-state index is 5.18. The maximum Gasteiger partial charge on any atom is 0.164 e. The molecule has 0 radical (unpaired) electrons. The summed E-state index contributed by atoms with van der Waals surface area (Å²) >= 11 is 1.87. The van der Waals surface area contributed by atoms with Crippen LogP contribution in [0, 0.1) is 0 Å². The summed E-state index contributed by atoms with van der Waals surface area (Å²) in [4.78, 5) is 15.4. The molecular weight excluding hydrogens is 807 g/mol. The van der Waals surface area contributed by atoms with Crippen molar-refractivity contribution in [3.05, 3.63) is 237 Å². The van der Waals surface area contributed by atoms with Crippen LogP contribution in [0.1, 0.15) is 0 Å². The first-order valence-corrected chi connectivity index (χ1v) is 22.7. The topological polar surface area (TPSA) is 38.7 Å². The first-order chi connectivity index (χ1) is 32.2. The third kappa shape index (κ3) is 7.16. The summed E-state index contributed by atoms with van der Waals surface area (Å²) in [6, 6.07) is 84.1. The van der Waals surface area contributed by atoms with Crippen LogP contribution in [0.15, 0.2) is 237 Å². The monoisotopic (exact) mass is 845 g/mol. The number of hydrogen-bond acceptors (Lipinski definition) is 4. The Kier molecular flexibility index (Phi) is 9.70. The Hall–Kier alpha value is -8.31. The lowest BCUT2D eigenvalue weighted by Crippen LogP contribution is -2.01. The van der Waals surface area contributed by atoms with Gasteiger partial charge in [-0.3, -0.25) is 0 Å². The van der Waals surface area contributed by atoms with E-state index in [0.717, 1.165) is 38.9 Å². The van der Waals surface area contributed by atoms with Crippen molar-refractivity contribution in [2.75, 3.05) is 0 Å². The molecule has 0 fully saturated rings. The van der Waals surface area contributed by atoms with E-state index in [1.807, 2.05) is 29.5 Å². The minimum Gasteiger partial charge on any atom is -0.208 e. The highest BCUT2D eigenvalue weighted by Gasteiger charge is 2.17. The minimum absolute atomic E-state index is 0.624. The number of rotatable bonds is 8. The summed E-state index contributed by atoms with van der Waals surface area (Å²) in [6.07, 6.45) is 0. The van der Waals surface area contributed by atoms with Crippen LogP contribution < -0.4 is 0 Å². The summed E-state index contributed by atoms with van der Waals surface area (Å²) < 4.78 is 2.66. The van der Waals surface area contributed by atoms with Crippen LogP contribution >= 0.6 is 11.3 Å². The van der Waals surface area contributed by atoms with Gasteiger partial charge in [0.25, 0.3) is 0 Å². The molecule has 0 aliphatic carbocycles. The molecule has 0 atom stereocenters. The Morgan fingerprint density at radius 3 is 1.20 bits per heavy atom. The highest BCUT2D eigenvalue weighted by Crippen LogP contribution is 2.42. The van der Waals surface area contributed by atoms with E-state index in [1.165, 1.54) is 64.3 Å². The second kappa shape index (κ2) is 16.4. The molecule has 12 rings (SSSR count). The van der Waals surface area contributed by atoms with Crippen molar-refractivity contribution in [3.8, 4) is 89.8 Å². The van der Waals surface area contributed by atoms with Crippen LogP contribution in [0.3, 0.4) is 0 Å². The van der Waals surface area contributed by atoms with Gasteiger partial charge in [-0.05, 0) is 72.5 Å². The Morgan fingerprint density at radius 1 is 0.215 bits per heavy atom. The molecule has 0 bridgehead atoms. The molecule has 2 aromatic heterocycles. The number of benzene rings is 10. The molecule has 0 aliphatic rings. The summed E-state index contributed by atoms with van der Waals surface area (Å²) in [5, 5.41) is 5.07. The van der Waals surface area contributed by atoms with Crippen molar-refractivity contribution in [1.29, 1.82) is 0 Å². The van der Waals surface area contributed by atoms with Gasteiger partial charge in [0.15, 0.2) is 17.5 Å². The third-order valence-corrected chi connectivity index (χ3v) is 13.6. The molecule has 0 saturated heterocycles. The van der Waals surface area contributed by atoms with E-state index in [-0.39, 0.29) is 0 Å². The van der Waals surface area contributed by atoms with Gasteiger partial charge in [-0.2, -0.15) is 0 Å². The van der Waals surface area contributed by atoms with Crippen LogP contribution in [0.25, 0.3) is 121 Å². The fourth-order valence-corrected chi connectivity index (χ4v) is 10.4. The predicted molar refractivity (Wildman–Crippen MR) is 274 cm³/mol. The smallest absolute Gasteiger partial charge is 0.164 e. The van der Waals surface area contributed by atoms with E-state index >= 15 is 0 Å². The molecule has 12 aromatic rings. The summed E-state index contributed by atoms with van der Waals surface area (Å²) in [7, 11) is 0. The van der Waals surface area contributed by atoms with Gasteiger partial charge in [0.1, 0.15) is 0 Å². The van der Waals surface area contributed by atoms with Gasteiger partial charge in [-0.25, -0.2) is 15.0 Å². The Morgan fingerprint density at radius 2 is 0.600 bits per heavy atom. The van der Waals surface area contributed by atoms with Gasteiger partial charge in [-0.1, -0.05) is 231 Å². The first kappa shape index (κ1) is 38.4. The van der Waals surface area contributed by atoms with E-state index in [2.05, 4.69) is 218 Å². The van der Waals surface area contributed by atoms with Crippen LogP contribution in [0.2, 0.25) is 0 Å². The highest BCUT2D eigenvalue weighted by molar-refractivity contribution is 7.26. The van der Waals surface area contributed by atoms with Gasteiger partial charge in [0.2, 0.25) is 0 Å². The molecule has 0 unspecified atom stereocenters. The lowest BCUT2D eigenvalue weighted by Gasteiger charge is -2.14. The Balaban J connectivity index is 0.899. The molecule has 4 heteroatoms. The third-order valence-electron chi connectivity index (χ3n) is 12.4. The molecule has 0 saturated carbocycles. The molecule has 0 N–H and O–H groups in total. The van der Waals surface area contributed by atoms with Crippen LogP contribution in [0.4, 0.5) is 0 Å². The van der Waals surface area contributed by atoms with E-state index < -0.39 is 0 Å². The first-order valence-electron chi connectivity index (χ1n) is 21.9. The molecule has 0 amide bonds. The van der Waals surface area contributed by atoms with Gasteiger partial charge in [0, 0.05) is 36.9 Å². The zero-order chi connectivity index (χ0) is 43.1. The normalized spacial score (nSPS) is 11.4. The second-order valence-electron chi connectivity index (χ2n) is 16.3. The van der Waals surface area contributed by atoms with Crippen LogP contribution in [-0.2, 0) is 0 Å². The Bertz CT molecular complexity index is 3670. The number of fused-ring (bicyclic) bond motifs is 4. The standard InChI is InChI=1S/C61H39N3S/c1-3-14-40(15-4-1)41-26-34-46(35-27-41)59-62-60(64-61(63-59)56-22-10-7-18-48(56)42-16-5-2-6-17-42)47-36-32-44(33-37-47)50-39-38-49(52-19-8-9-20-53(50)52)43-28-30-45(31-29-43)51-23-13-24-55-54-21-11-12-25-57(54)65-58(51)55/h1-39H. The summed E-state index contributed by atoms with van der Waals surface area (Å²) in [5.74, 6) is 1.88. The van der Waals surface area contributed by atoms with Crippen LogP contribution in [-0.4, -0.2) is 15.0 Å². The van der Waals surface area contributed by atoms with Crippen molar-refractivity contribution in [2.24, 2.45) is 0 Å². The molecule has 3 nitrogen and oxygen atoms in total. The highest BCUT2D eigenvalue weighted by atomic mass is 32.1. The largest absolute Gasteiger partial charge is 0.208 e. The van der Waals surface area contributed by atoms with Crippen molar-refractivity contribution >= 4 is 42.3 Å². The number of aromatic nitrogens is 3. The number of thiophene rings is 1. The molecule has 0 spiro atoms. The quantitative estimate of drug-likeness (QED) is 0.153. The van der Waals surface area contributed by atoms with Gasteiger partial charge < -0.3 is 0 Å². The average molecular weight is 846 g/mol. The maximum absolute atomic E-state index is 5.18. The van der Waals surface area contributed by atoms with Crippen LogP contribution in [0.5, 0.6) is 0 Å². The predicted octanol–water partition coefficient (Wildman–Crippen LogP) is 16.7. The van der Waals surface area contributed by atoms with Crippen molar-refractivity contribution in [1.82, 2.24) is 15.0 Å². The molecular formula is C61H39N3S. The molecule has 10 aromatic carbocycles. The molecule has 304 valence electrons. The summed E-state index contributed by atoms with van der Waals surface area (Å²) in [6.45, 7) is 0. The van der Waals surface area contributed by atoms with Crippen molar-refractivity contribution in [3.63, 3.8) is 0 Å². The zero-order valence-corrected chi connectivity index (χ0v) is 36.1. The van der Waals surface area contributed by atoms with Crippen molar-refractivity contribution in [2.45, 2.75) is 0 Å². The lowest BCUT2D eigenvalue weighted by molar-refractivity contribution is 1.07. The SMILES string of the molecule is c1ccc(-c2ccc(-c3nc(-c4ccc(-c5ccc(-c6ccc(-c7cccc8c7sc7ccccc78)cc6)c6ccccc56)cc4)nc(-c4ccccc4-c4ccccc4)n3)cc2)cc1. The minimum atomic E-state index is 0.624. The zero-order valence-electron chi connectivity index (χ0n) is 35.3. The fraction of sp³-hybridized carbons (Fsp3) is 0. The number of hydrogen-bond donors (Lipinski definition) is 0. The summed E-state index contributed by atoms with van der Waals surface area (Å²) in [5.41, 5.74) is 14.5. The average Bonchev–Trinajstić information content (AvgIpc) is 3.78. The second-order valence-corrected chi connectivity index (χ2v) is 17.4. The van der Waals surface area contributed by atoms with E-state index in [1.54, 1.807) is 0 Å². The van der Waals surface area contributed by atoms with E-state index in [4.69, 9.17) is 15.0 Å². The fourth-order valence-electron chi connectivity index (χ4n) is 9.15. The van der Waals surface area contributed by atoms with Crippen molar-refractivity contribution < 1.29 is 0 Å². The van der Waals surface area contributed by atoms with E-state index in [9.17, 15) is 0 Å². The molecule has 65 heavy (non-hydrogen) atoms.